The van der Waals surface area contributed by atoms with Gasteiger partial charge in [0.25, 0.3) is 0 Å². The number of ether oxygens (including phenoxy) is 2. The summed E-state index contributed by atoms with van der Waals surface area (Å²) in [7, 11) is 1.50. The van der Waals surface area contributed by atoms with Crippen molar-refractivity contribution in [2.45, 2.75) is 12.6 Å². The van der Waals surface area contributed by atoms with Crippen molar-refractivity contribution < 1.29 is 14.3 Å². The number of fused-ring (bicyclic) bond motifs is 1. The number of rotatable bonds is 6. The molecule has 0 saturated carbocycles. The number of para-hydroxylation sites is 1. The number of carbonyl (C=O) groups excluding carboxylic acids is 1. The molecule has 7 heteroatoms. The van der Waals surface area contributed by atoms with Crippen LogP contribution in [-0.4, -0.2) is 36.2 Å². The van der Waals surface area contributed by atoms with Crippen LogP contribution in [0.3, 0.4) is 0 Å². The molecule has 1 aromatic carbocycles. The van der Waals surface area contributed by atoms with Crippen molar-refractivity contribution in [2.75, 3.05) is 19.6 Å². The maximum Gasteiger partial charge on any atom is 0.326 e. The van der Waals surface area contributed by atoms with Crippen LogP contribution < -0.4 is 4.87 Å². The Morgan fingerprint density at radius 3 is 2.90 bits per heavy atom. The van der Waals surface area contributed by atoms with Crippen molar-refractivity contribution in [3.8, 4) is 0 Å². The molecule has 5 nitrogen and oxygen atoms in total. The number of benzene rings is 1. The van der Waals surface area contributed by atoms with Crippen LogP contribution in [0.2, 0.25) is 0 Å². The molecule has 108 valence electrons. The number of methoxy groups -OCH3 is 1. The average Bonchev–Trinajstić information content (AvgIpc) is 2.75. The van der Waals surface area contributed by atoms with Crippen LogP contribution >= 0.6 is 22.9 Å². The Morgan fingerprint density at radius 1 is 1.45 bits per heavy atom. The summed E-state index contributed by atoms with van der Waals surface area (Å²) >= 11 is 6.78. The summed E-state index contributed by atoms with van der Waals surface area (Å²) in [5.41, 5.74) is 0.730. The van der Waals surface area contributed by atoms with E-state index in [9.17, 15) is 9.59 Å². The second kappa shape index (κ2) is 6.88. The van der Waals surface area contributed by atoms with Gasteiger partial charge >= 0.3 is 10.8 Å². The summed E-state index contributed by atoms with van der Waals surface area (Å²) in [5, 5.41) is 0. The molecule has 2 aromatic rings. The first-order valence-corrected chi connectivity index (χ1v) is 7.33. The normalized spacial score (nSPS) is 12.5. The van der Waals surface area contributed by atoms with Gasteiger partial charge in [-0.3, -0.25) is 14.2 Å². The van der Waals surface area contributed by atoms with Gasteiger partial charge in [-0.15, -0.1) is 11.6 Å². The van der Waals surface area contributed by atoms with Crippen LogP contribution in [0.4, 0.5) is 0 Å². The molecule has 20 heavy (non-hydrogen) atoms. The van der Waals surface area contributed by atoms with Gasteiger partial charge in [-0.25, -0.2) is 0 Å². The summed E-state index contributed by atoms with van der Waals surface area (Å²) < 4.78 is 12.3. The highest BCUT2D eigenvalue weighted by molar-refractivity contribution is 7.16. The fourth-order valence-corrected chi connectivity index (χ4v) is 2.85. The Bertz CT molecular complexity index is 651. The van der Waals surface area contributed by atoms with Gasteiger partial charge < -0.3 is 9.47 Å². The molecular weight excluding hydrogens is 302 g/mol. The molecule has 1 aromatic heterocycles. The minimum Gasteiger partial charge on any atom is -0.457 e. The van der Waals surface area contributed by atoms with E-state index in [0.717, 1.165) is 21.6 Å². The second-order valence-corrected chi connectivity index (χ2v) is 5.45. The second-order valence-electron chi connectivity index (χ2n) is 4.14. The van der Waals surface area contributed by atoms with Crippen LogP contribution in [0.1, 0.15) is 0 Å². The molecule has 0 amide bonds. The first kappa shape index (κ1) is 15.0. The van der Waals surface area contributed by atoms with E-state index >= 15 is 0 Å². The summed E-state index contributed by atoms with van der Waals surface area (Å²) in [6.07, 6.45) is -0.505. The number of nitrogens with zero attached hydrogens (tertiary/aromatic N) is 1. The van der Waals surface area contributed by atoms with Crippen LogP contribution in [0.25, 0.3) is 10.2 Å². The maximum absolute atomic E-state index is 11.9. The van der Waals surface area contributed by atoms with E-state index in [-0.39, 0.29) is 23.9 Å². The molecule has 0 N–H and O–H groups in total. The predicted molar refractivity (Wildman–Crippen MR) is 78.6 cm³/mol. The largest absolute Gasteiger partial charge is 0.457 e. The van der Waals surface area contributed by atoms with Gasteiger partial charge in [0, 0.05) is 7.11 Å². The molecular formula is C13H14ClNO4S. The molecule has 1 unspecified atom stereocenters. The van der Waals surface area contributed by atoms with Crippen LogP contribution in [0.15, 0.2) is 29.1 Å². The quantitative estimate of drug-likeness (QED) is 0.603. The highest BCUT2D eigenvalue weighted by atomic mass is 35.5. The third-order valence-electron chi connectivity index (χ3n) is 2.68. The molecule has 0 aliphatic carbocycles. The molecule has 2 rings (SSSR count). The van der Waals surface area contributed by atoms with Crippen molar-refractivity contribution in [2.24, 2.45) is 0 Å². The summed E-state index contributed by atoms with van der Waals surface area (Å²) in [4.78, 5) is 23.6. The Labute approximate surface area is 124 Å². The van der Waals surface area contributed by atoms with Crippen LogP contribution in [0, 0.1) is 0 Å². The lowest BCUT2D eigenvalue weighted by Gasteiger charge is -2.14. The molecule has 0 aliphatic heterocycles. The van der Waals surface area contributed by atoms with Crippen molar-refractivity contribution in [1.29, 1.82) is 0 Å². The number of hydrogen-bond acceptors (Lipinski definition) is 5. The van der Waals surface area contributed by atoms with Gasteiger partial charge in [0.15, 0.2) is 0 Å². The van der Waals surface area contributed by atoms with E-state index < -0.39 is 12.1 Å². The Morgan fingerprint density at radius 2 is 2.20 bits per heavy atom. The first-order chi connectivity index (χ1) is 9.65. The first-order valence-electron chi connectivity index (χ1n) is 5.98. The van der Waals surface area contributed by atoms with Crippen molar-refractivity contribution in [1.82, 2.24) is 4.57 Å². The van der Waals surface area contributed by atoms with Gasteiger partial charge in [-0.2, -0.15) is 0 Å². The predicted octanol–water partition coefficient (Wildman–Crippen LogP) is 1.86. The molecule has 0 radical (unpaired) electrons. The van der Waals surface area contributed by atoms with Gasteiger partial charge in [-0.1, -0.05) is 23.5 Å². The smallest absolute Gasteiger partial charge is 0.326 e. The van der Waals surface area contributed by atoms with E-state index in [1.165, 1.54) is 11.7 Å². The van der Waals surface area contributed by atoms with E-state index in [4.69, 9.17) is 21.1 Å². The highest BCUT2D eigenvalue weighted by Crippen LogP contribution is 2.16. The number of esters is 1. The molecule has 0 spiro atoms. The maximum atomic E-state index is 11.9. The van der Waals surface area contributed by atoms with Gasteiger partial charge in [0.2, 0.25) is 0 Å². The topological polar surface area (TPSA) is 57.5 Å². The summed E-state index contributed by atoms with van der Waals surface area (Å²) in [5.74, 6) is -0.350. The Kier molecular flexibility index (Phi) is 5.17. The fraction of sp³-hybridized carbons (Fsp3) is 0.385. The van der Waals surface area contributed by atoms with E-state index in [1.54, 1.807) is 6.07 Å². The molecule has 1 heterocycles. The Balaban J connectivity index is 2.14. The molecule has 1 atom stereocenters. The molecule has 0 fully saturated rings. The average molecular weight is 316 g/mol. The zero-order chi connectivity index (χ0) is 14.5. The number of carbonyl (C=O) groups is 1. The number of hydrogen-bond donors (Lipinski definition) is 0. The minimum absolute atomic E-state index is 0.125. The van der Waals surface area contributed by atoms with Gasteiger partial charge in [0.05, 0.1) is 22.7 Å². The molecule has 0 bridgehead atoms. The standard InChI is InChI=1S/C13H14ClNO4S/c1-18-8-9(6-14)19-12(16)7-15-10-4-2-3-5-11(10)20-13(15)17/h2-5,9H,6-8H2,1H3. The highest BCUT2D eigenvalue weighted by Gasteiger charge is 2.16. The van der Waals surface area contributed by atoms with Crippen LogP contribution in [0.5, 0.6) is 0 Å². The fourth-order valence-electron chi connectivity index (χ4n) is 1.81. The van der Waals surface area contributed by atoms with Crippen LogP contribution in [-0.2, 0) is 20.8 Å². The van der Waals surface area contributed by atoms with Crippen molar-refractivity contribution in [3.63, 3.8) is 0 Å². The number of halogens is 1. The van der Waals surface area contributed by atoms with Gasteiger partial charge in [0.1, 0.15) is 12.6 Å². The van der Waals surface area contributed by atoms with Gasteiger partial charge in [-0.05, 0) is 12.1 Å². The zero-order valence-electron chi connectivity index (χ0n) is 10.9. The molecule has 0 saturated heterocycles. The lowest BCUT2D eigenvalue weighted by atomic mass is 10.3. The summed E-state index contributed by atoms with van der Waals surface area (Å²) in [6.45, 7) is 0.106. The number of thiazole rings is 1. The number of aromatic nitrogens is 1. The zero-order valence-corrected chi connectivity index (χ0v) is 12.4. The third-order valence-corrected chi connectivity index (χ3v) is 3.99. The third kappa shape index (κ3) is 3.39. The van der Waals surface area contributed by atoms with Crippen molar-refractivity contribution in [3.05, 3.63) is 33.9 Å². The Hall–Kier alpha value is -1.37. The number of alkyl halides is 1. The van der Waals surface area contributed by atoms with Crippen molar-refractivity contribution >= 4 is 39.1 Å². The van der Waals surface area contributed by atoms with E-state index in [0.29, 0.717) is 0 Å². The van der Waals surface area contributed by atoms with E-state index in [2.05, 4.69) is 0 Å². The van der Waals surface area contributed by atoms with E-state index in [1.807, 2.05) is 18.2 Å². The SMILES string of the molecule is COCC(CCl)OC(=O)Cn1c(=O)sc2ccccc21. The monoisotopic (exact) mass is 315 g/mol. The molecule has 0 aliphatic rings. The summed E-state index contributed by atoms with van der Waals surface area (Å²) in [6, 6.07) is 7.32. The lowest BCUT2D eigenvalue weighted by molar-refractivity contribution is -0.150. The lowest BCUT2D eigenvalue weighted by Crippen LogP contribution is -2.28. The minimum atomic E-state index is -0.505.